The van der Waals surface area contributed by atoms with Crippen LogP contribution in [0.2, 0.25) is 0 Å². The van der Waals surface area contributed by atoms with Crippen molar-refractivity contribution in [2.75, 3.05) is 12.1 Å². The minimum atomic E-state index is -0.921. The van der Waals surface area contributed by atoms with Crippen LogP contribution in [0.1, 0.15) is 26.5 Å². The molecule has 9 nitrogen and oxygen atoms in total. The molecular weight excluding hydrogens is 294 g/mol. The SMILES string of the molecule is CC(C)C(=O)OC[C@@H]1C[C@@H](O)[C@H](n2ccc(NO)nc2=O)O1. The zero-order valence-electron chi connectivity index (χ0n) is 12.3. The summed E-state index contributed by atoms with van der Waals surface area (Å²) in [5.74, 6) is -0.595. The zero-order chi connectivity index (χ0) is 16.3. The van der Waals surface area contributed by atoms with E-state index >= 15 is 0 Å². The molecule has 0 saturated carbocycles. The Kier molecular flexibility index (Phi) is 5.11. The maximum atomic E-state index is 11.8. The smallest absolute Gasteiger partial charge is 0.351 e. The van der Waals surface area contributed by atoms with Crippen molar-refractivity contribution in [3.8, 4) is 0 Å². The van der Waals surface area contributed by atoms with Crippen LogP contribution in [-0.4, -0.2) is 44.6 Å². The van der Waals surface area contributed by atoms with E-state index in [1.807, 2.05) is 0 Å². The zero-order valence-corrected chi connectivity index (χ0v) is 12.3. The molecule has 9 heteroatoms. The van der Waals surface area contributed by atoms with Crippen molar-refractivity contribution in [3.05, 3.63) is 22.7 Å². The van der Waals surface area contributed by atoms with Crippen molar-refractivity contribution in [2.24, 2.45) is 5.92 Å². The highest BCUT2D eigenvalue weighted by Crippen LogP contribution is 2.28. The van der Waals surface area contributed by atoms with Crippen molar-refractivity contribution >= 4 is 11.8 Å². The van der Waals surface area contributed by atoms with Gasteiger partial charge in [-0.1, -0.05) is 13.8 Å². The number of hydrogen-bond acceptors (Lipinski definition) is 8. The van der Waals surface area contributed by atoms with Crippen LogP contribution in [0, 0.1) is 5.92 Å². The Labute approximate surface area is 126 Å². The maximum absolute atomic E-state index is 11.8. The van der Waals surface area contributed by atoms with Crippen molar-refractivity contribution in [1.82, 2.24) is 9.55 Å². The Morgan fingerprint density at radius 2 is 2.36 bits per heavy atom. The number of nitrogens with zero attached hydrogens (tertiary/aromatic N) is 2. The van der Waals surface area contributed by atoms with E-state index in [4.69, 9.17) is 14.7 Å². The fourth-order valence-corrected chi connectivity index (χ4v) is 2.10. The summed E-state index contributed by atoms with van der Waals surface area (Å²) in [4.78, 5) is 26.8. The highest BCUT2D eigenvalue weighted by molar-refractivity contribution is 5.71. The Morgan fingerprint density at radius 3 is 2.95 bits per heavy atom. The number of ether oxygens (including phenoxy) is 2. The molecule has 0 aliphatic carbocycles. The third-order valence-electron chi connectivity index (χ3n) is 3.27. The van der Waals surface area contributed by atoms with Gasteiger partial charge in [0.1, 0.15) is 12.7 Å². The van der Waals surface area contributed by atoms with Crippen LogP contribution in [0.15, 0.2) is 17.1 Å². The van der Waals surface area contributed by atoms with Crippen molar-refractivity contribution < 1.29 is 24.6 Å². The molecule has 1 aliphatic heterocycles. The van der Waals surface area contributed by atoms with Crippen molar-refractivity contribution in [2.45, 2.75) is 38.7 Å². The van der Waals surface area contributed by atoms with Gasteiger partial charge in [-0.3, -0.25) is 20.0 Å². The number of anilines is 1. The van der Waals surface area contributed by atoms with E-state index in [2.05, 4.69) is 4.98 Å². The summed E-state index contributed by atoms with van der Waals surface area (Å²) in [7, 11) is 0. The average Bonchev–Trinajstić information content (AvgIpc) is 2.85. The number of hydrogen-bond donors (Lipinski definition) is 3. The predicted octanol–water partition coefficient (Wildman–Crippen LogP) is -0.108. The van der Waals surface area contributed by atoms with Crippen LogP contribution >= 0.6 is 0 Å². The molecule has 0 aromatic carbocycles. The largest absolute Gasteiger partial charge is 0.463 e. The minimum Gasteiger partial charge on any atom is -0.463 e. The first-order valence-electron chi connectivity index (χ1n) is 6.91. The van der Waals surface area contributed by atoms with Gasteiger partial charge >= 0.3 is 11.7 Å². The molecule has 122 valence electrons. The van der Waals surface area contributed by atoms with Gasteiger partial charge < -0.3 is 14.6 Å². The molecule has 3 atom stereocenters. The van der Waals surface area contributed by atoms with Gasteiger partial charge in [-0.2, -0.15) is 4.98 Å². The molecule has 22 heavy (non-hydrogen) atoms. The van der Waals surface area contributed by atoms with E-state index in [9.17, 15) is 14.7 Å². The Bertz CT molecular complexity index is 587. The van der Waals surface area contributed by atoms with Crippen LogP contribution in [0.4, 0.5) is 5.82 Å². The van der Waals surface area contributed by atoms with Crippen LogP contribution in [-0.2, 0) is 14.3 Å². The number of aromatic nitrogens is 2. The molecule has 0 amide bonds. The van der Waals surface area contributed by atoms with Crippen LogP contribution in [0.3, 0.4) is 0 Å². The topological polar surface area (TPSA) is 123 Å². The van der Waals surface area contributed by atoms with Gasteiger partial charge in [-0.25, -0.2) is 4.79 Å². The highest BCUT2D eigenvalue weighted by atomic mass is 16.6. The lowest BCUT2D eigenvalue weighted by molar-refractivity contribution is -0.152. The number of esters is 1. The molecule has 2 heterocycles. The molecule has 1 aliphatic rings. The van der Waals surface area contributed by atoms with E-state index in [0.29, 0.717) is 0 Å². The molecule has 3 N–H and O–H groups in total. The second-order valence-electron chi connectivity index (χ2n) is 5.35. The first-order chi connectivity index (χ1) is 10.4. The number of rotatable bonds is 5. The quantitative estimate of drug-likeness (QED) is 0.508. The normalized spacial score (nSPS) is 24.5. The average molecular weight is 313 g/mol. The molecule has 1 fully saturated rings. The van der Waals surface area contributed by atoms with Crippen LogP contribution in [0.25, 0.3) is 0 Å². The lowest BCUT2D eigenvalue weighted by Gasteiger charge is -2.17. The first-order valence-corrected chi connectivity index (χ1v) is 6.91. The van der Waals surface area contributed by atoms with Gasteiger partial charge in [0.05, 0.1) is 12.0 Å². The number of aliphatic hydroxyl groups excluding tert-OH is 1. The maximum Gasteiger partial charge on any atom is 0.351 e. The summed E-state index contributed by atoms with van der Waals surface area (Å²) in [5.41, 5.74) is 1.09. The Balaban J connectivity index is 2.02. The number of carbonyl (C=O) groups is 1. The second kappa shape index (κ2) is 6.86. The number of nitrogens with one attached hydrogen (secondary N) is 1. The van der Waals surface area contributed by atoms with Crippen molar-refractivity contribution in [3.63, 3.8) is 0 Å². The molecular formula is C13H19N3O6. The molecule has 0 unspecified atom stereocenters. The van der Waals surface area contributed by atoms with Crippen LogP contribution < -0.4 is 11.2 Å². The van der Waals surface area contributed by atoms with Gasteiger partial charge in [-0.15, -0.1) is 0 Å². The monoisotopic (exact) mass is 313 g/mol. The van der Waals surface area contributed by atoms with Gasteiger partial charge in [0, 0.05) is 12.6 Å². The van der Waals surface area contributed by atoms with E-state index in [0.717, 1.165) is 4.57 Å². The molecule has 0 spiro atoms. The number of carbonyl (C=O) groups excluding carboxylic acids is 1. The fraction of sp³-hybridized carbons (Fsp3) is 0.615. The molecule has 0 bridgehead atoms. The van der Waals surface area contributed by atoms with E-state index in [-0.39, 0.29) is 30.7 Å². The standard InChI is InChI=1S/C13H19N3O6/c1-7(2)12(18)21-6-8-5-9(17)11(22-8)16-4-3-10(15-20)14-13(16)19/h3-4,7-9,11,17,20H,5-6H2,1-2H3,(H,14,15,19)/t8-,9+,11+/m0/s1. The third-order valence-corrected chi connectivity index (χ3v) is 3.27. The van der Waals surface area contributed by atoms with Crippen molar-refractivity contribution in [1.29, 1.82) is 0 Å². The molecule has 0 radical (unpaired) electrons. The molecule has 1 aromatic heterocycles. The van der Waals surface area contributed by atoms with Gasteiger partial charge in [0.15, 0.2) is 12.0 Å². The Morgan fingerprint density at radius 1 is 1.64 bits per heavy atom. The fourth-order valence-electron chi connectivity index (χ4n) is 2.10. The molecule has 1 aromatic rings. The third kappa shape index (κ3) is 3.62. The van der Waals surface area contributed by atoms with E-state index < -0.39 is 24.1 Å². The minimum absolute atomic E-state index is 0.00356. The first kappa shape index (κ1) is 16.4. The summed E-state index contributed by atoms with van der Waals surface area (Å²) >= 11 is 0. The summed E-state index contributed by atoms with van der Waals surface area (Å²) in [5, 5.41) is 18.7. The van der Waals surface area contributed by atoms with E-state index in [1.54, 1.807) is 19.3 Å². The van der Waals surface area contributed by atoms with Gasteiger partial charge in [0.2, 0.25) is 0 Å². The van der Waals surface area contributed by atoms with Gasteiger partial charge in [0.25, 0.3) is 0 Å². The number of aliphatic hydroxyl groups is 1. The molecule has 2 rings (SSSR count). The molecule has 1 saturated heterocycles. The summed E-state index contributed by atoms with van der Waals surface area (Å²) in [6.07, 6.45) is -0.733. The van der Waals surface area contributed by atoms with Crippen LogP contribution in [0.5, 0.6) is 0 Å². The summed E-state index contributed by atoms with van der Waals surface area (Å²) < 4.78 is 11.7. The van der Waals surface area contributed by atoms with Gasteiger partial charge in [-0.05, 0) is 6.07 Å². The lowest BCUT2D eigenvalue weighted by Crippen LogP contribution is -2.32. The highest BCUT2D eigenvalue weighted by Gasteiger charge is 2.36. The summed E-state index contributed by atoms with van der Waals surface area (Å²) in [6, 6.07) is 1.36. The predicted molar refractivity (Wildman–Crippen MR) is 74.2 cm³/mol. The summed E-state index contributed by atoms with van der Waals surface area (Å²) in [6.45, 7) is 3.46. The lowest BCUT2D eigenvalue weighted by atomic mass is 10.2. The Hall–Kier alpha value is -1.97. The van der Waals surface area contributed by atoms with E-state index in [1.165, 1.54) is 12.3 Å². The second-order valence-corrected chi connectivity index (χ2v) is 5.35.